The van der Waals surface area contributed by atoms with Crippen LogP contribution in [0.25, 0.3) is 0 Å². The molecule has 0 radical (unpaired) electrons. The van der Waals surface area contributed by atoms with Gasteiger partial charge in [0, 0.05) is 6.54 Å². The molecule has 1 amide bonds. The summed E-state index contributed by atoms with van der Waals surface area (Å²) in [6.45, 7) is 1.92. The molecule has 1 unspecified atom stereocenters. The molecule has 5 heteroatoms. The van der Waals surface area contributed by atoms with E-state index in [1.54, 1.807) is 0 Å². The Morgan fingerprint density at radius 3 is 2.80 bits per heavy atom. The van der Waals surface area contributed by atoms with Crippen molar-refractivity contribution in [2.24, 2.45) is 0 Å². The number of hydrogen-bond donors (Lipinski definition) is 1. The van der Waals surface area contributed by atoms with Crippen LogP contribution in [0, 0.1) is 0 Å². The molecular weight excluding hydrogens is 256 g/mol. The first-order valence-corrected chi connectivity index (χ1v) is 6.94. The van der Waals surface area contributed by atoms with Gasteiger partial charge in [0.1, 0.15) is 12.1 Å². The number of ether oxygens (including phenoxy) is 1. The third-order valence-corrected chi connectivity index (χ3v) is 4.15. The van der Waals surface area contributed by atoms with Gasteiger partial charge in [-0.3, -0.25) is 14.5 Å². The summed E-state index contributed by atoms with van der Waals surface area (Å²) in [5.74, 6) is -0.222. The summed E-state index contributed by atoms with van der Waals surface area (Å²) in [5, 5.41) is 2.77. The second-order valence-corrected chi connectivity index (χ2v) is 5.39. The van der Waals surface area contributed by atoms with Gasteiger partial charge in [0.2, 0.25) is 5.91 Å². The van der Waals surface area contributed by atoms with E-state index in [1.165, 1.54) is 0 Å². The molecule has 1 spiro atoms. The van der Waals surface area contributed by atoms with Crippen molar-refractivity contribution in [2.45, 2.75) is 25.0 Å². The Hall–Kier alpha value is -1.88. The molecule has 1 N–H and O–H groups in total. The van der Waals surface area contributed by atoms with Crippen LogP contribution in [0.1, 0.15) is 18.4 Å². The van der Waals surface area contributed by atoms with Crippen molar-refractivity contribution >= 4 is 11.9 Å². The third kappa shape index (κ3) is 2.29. The number of nitrogens with zero attached hydrogens (tertiary/aromatic N) is 1. The SMILES string of the molecule is O=C(CN1CCCC12CNC2=O)OCc1ccccc1. The zero-order valence-electron chi connectivity index (χ0n) is 11.3. The third-order valence-electron chi connectivity index (χ3n) is 4.15. The van der Waals surface area contributed by atoms with Gasteiger partial charge in [-0.15, -0.1) is 0 Å². The lowest BCUT2D eigenvalue weighted by Gasteiger charge is -2.43. The van der Waals surface area contributed by atoms with Crippen molar-refractivity contribution in [1.82, 2.24) is 10.2 Å². The highest BCUT2D eigenvalue weighted by atomic mass is 16.5. The van der Waals surface area contributed by atoms with Gasteiger partial charge in [-0.25, -0.2) is 0 Å². The molecule has 5 nitrogen and oxygen atoms in total. The average Bonchev–Trinajstić information content (AvgIpc) is 2.90. The van der Waals surface area contributed by atoms with Gasteiger partial charge in [0.25, 0.3) is 0 Å². The number of β-lactam (4-membered cyclic amide) rings is 1. The number of likely N-dealkylation sites (tertiary alicyclic amines) is 1. The Morgan fingerprint density at radius 1 is 1.35 bits per heavy atom. The quantitative estimate of drug-likeness (QED) is 0.648. The molecule has 0 bridgehead atoms. The Kier molecular flexibility index (Phi) is 3.44. The van der Waals surface area contributed by atoms with E-state index in [-0.39, 0.29) is 25.0 Å². The first kappa shape index (κ1) is 13.1. The Morgan fingerprint density at radius 2 is 2.15 bits per heavy atom. The van der Waals surface area contributed by atoms with E-state index in [1.807, 2.05) is 35.2 Å². The molecule has 1 aromatic rings. The Bertz CT molecular complexity index is 517. The molecule has 2 heterocycles. The fourth-order valence-corrected chi connectivity index (χ4v) is 2.93. The van der Waals surface area contributed by atoms with E-state index in [0.29, 0.717) is 6.54 Å². The molecule has 1 aromatic carbocycles. The van der Waals surface area contributed by atoms with Crippen molar-refractivity contribution in [3.05, 3.63) is 35.9 Å². The lowest BCUT2D eigenvalue weighted by molar-refractivity contribution is -0.151. The van der Waals surface area contributed by atoms with Crippen LogP contribution in [0.15, 0.2) is 30.3 Å². The number of rotatable bonds is 4. The number of hydrogen-bond acceptors (Lipinski definition) is 4. The summed E-state index contributed by atoms with van der Waals surface area (Å²) in [7, 11) is 0. The van der Waals surface area contributed by atoms with Crippen molar-refractivity contribution in [3.8, 4) is 0 Å². The van der Waals surface area contributed by atoms with Gasteiger partial charge in [-0.1, -0.05) is 30.3 Å². The summed E-state index contributed by atoms with van der Waals surface area (Å²) in [5.41, 5.74) is 0.532. The number of nitrogens with one attached hydrogen (secondary N) is 1. The summed E-state index contributed by atoms with van der Waals surface area (Å²) in [6, 6.07) is 9.59. The second kappa shape index (κ2) is 5.25. The molecule has 2 aliphatic heterocycles. The number of carbonyl (C=O) groups is 2. The van der Waals surface area contributed by atoms with Crippen molar-refractivity contribution < 1.29 is 14.3 Å². The Balaban J connectivity index is 1.53. The zero-order chi connectivity index (χ0) is 14.0. The summed E-state index contributed by atoms with van der Waals surface area (Å²) >= 11 is 0. The van der Waals surface area contributed by atoms with Crippen LogP contribution in [0.5, 0.6) is 0 Å². The largest absolute Gasteiger partial charge is 0.460 e. The van der Waals surface area contributed by atoms with Crippen molar-refractivity contribution in [3.63, 3.8) is 0 Å². The fraction of sp³-hybridized carbons (Fsp3) is 0.467. The van der Waals surface area contributed by atoms with Crippen LogP contribution in [-0.2, 0) is 20.9 Å². The maximum absolute atomic E-state index is 11.9. The molecule has 106 valence electrons. The van der Waals surface area contributed by atoms with Crippen LogP contribution in [0.4, 0.5) is 0 Å². The van der Waals surface area contributed by atoms with Crippen molar-refractivity contribution in [1.29, 1.82) is 0 Å². The van der Waals surface area contributed by atoms with Gasteiger partial charge >= 0.3 is 5.97 Å². The monoisotopic (exact) mass is 274 g/mol. The van der Waals surface area contributed by atoms with Gasteiger partial charge in [0.05, 0.1) is 6.54 Å². The van der Waals surface area contributed by atoms with Crippen LogP contribution >= 0.6 is 0 Å². The van der Waals surface area contributed by atoms with E-state index in [4.69, 9.17) is 4.74 Å². The molecule has 20 heavy (non-hydrogen) atoms. The molecular formula is C15H18N2O3. The van der Waals surface area contributed by atoms with E-state index < -0.39 is 5.54 Å². The lowest BCUT2D eigenvalue weighted by atomic mass is 9.88. The lowest BCUT2D eigenvalue weighted by Crippen LogP contribution is -2.71. The highest BCUT2D eigenvalue weighted by Crippen LogP contribution is 2.33. The van der Waals surface area contributed by atoms with Crippen LogP contribution in [0.3, 0.4) is 0 Å². The first-order chi connectivity index (χ1) is 9.71. The number of carbonyl (C=O) groups excluding carboxylic acids is 2. The summed E-state index contributed by atoms with van der Waals surface area (Å²) in [4.78, 5) is 25.6. The second-order valence-electron chi connectivity index (χ2n) is 5.39. The summed E-state index contributed by atoms with van der Waals surface area (Å²) in [6.07, 6.45) is 1.80. The fourth-order valence-electron chi connectivity index (χ4n) is 2.93. The number of amides is 1. The minimum Gasteiger partial charge on any atom is -0.460 e. The molecule has 3 rings (SSSR count). The van der Waals surface area contributed by atoms with Gasteiger partial charge in [0.15, 0.2) is 0 Å². The molecule has 2 fully saturated rings. The highest BCUT2D eigenvalue weighted by Gasteiger charge is 2.53. The molecule has 0 aliphatic carbocycles. The van der Waals surface area contributed by atoms with Gasteiger partial charge in [-0.2, -0.15) is 0 Å². The van der Waals surface area contributed by atoms with Crippen LogP contribution in [-0.4, -0.2) is 41.9 Å². The van der Waals surface area contributed by atoms with Crippen molar-refractivity contribution in [2.75, 3.05) is 19.6 Å². The molecule has 1 atom stereocenters. The van der Waals surface area contributed by atoms with Crippen LogP contribution in [0.2, 0.25) is 0 Å². The molecule has 2 saturated heterocycles. The topological polar surface area (TPSA) is 58.6 Å². The maximum atomic E-state index is 11.9. The smallest absolute Gasteiger partial charge is 0.320 e. The first-order valence-electron chi connectivity index (χ1n) is 6.94. The molecule has 0 aromatic heterocycles. The maximum Gasteiger partial charge on any atom is 0.320 e. The highest BCUT2D eigenvalue weighted by molar-refractivity contribution is 5.93. The summed E-state index contributed by atoms with van der Waals surface area (Å²) < 4.78 is 5.27. The van der Waals surface area contributed by atoms with E-state index in [2.05, 4.69) is 5.32 Å². The molecule has 0 saturated carbocycles. The number of benzene rings is 1. The van der Waals surface area contributed by atoms with E-state index in [0.717, 1.165) is 24.9 Å². The van der Waals surface area contributed by atoms with E-state index >= 15 is 0 Å². The van der Waals surface area contributed by atoms with Gasteiger partial charge in [-0.05, 0) is 24.9 Å². The minimum atomic E-state index is -0.439. The normalized spacial score (nSPS) is 25.3. The van der Waals surface area contributed by atoms with Crippen LogP contribution < -0.4 is 5.32 Å². The average molecular weight is 274 g/mol. The standard InChI is InChI=1S/C15H18N2O3/c18-13(20-10-12-5-2-1-3-6-12)9-17-8-4-7-15(17)11-16-14(15)19/h1-3,5-6H,4,7-11H2,(H,16,19). The molecule has 2 aliphatic rings. The van der Waals surface area contributed by atoms with E-state index in [9.17, 15) is 9.59 Å². The Labute approximate surface area is 117 Å². The van der Waals surface area contributed by atoms with Gasteiger partial charge < -0.3 is 10.1 Å². The minimum absolute atomic E-state index is 0.0471. The number of esters is 1. The predicted molar refractivity (Wildman–Crippen MR) is 72.8 cm³/mol. The predicted octanol–water partition coefficient (Wildman–Crippen LogP) is 0.694. The zero-order valence-corrected chi connectivity index (χ0v) is 11.3.